The van der Waals surface area contributed by atoms with Crippen LogP contribution in [0.15, 0.2) is 78.0 Å². The lowest BCUT2D eigenvalue weighted by Crippen LogP contribution is -2.31. The Hall–Kier alpha value is -3.88. The summed E-state index contributed by atoms with van der Waals surface area (Å²) in [5.41, 5.74) is 2.81. The van der Waals surface area contributed by atoms with Gasteiger partial charge in [-0.25, -0.2) is 9.07 Å². The highest BCUT2D eigenvalue weighted by molar-refractivity contribution is 6.42. The normalized spacial score (nSPS) is 14.8. The Kier molecular flexibility index (Phi) is 6.38. The van der Waals surface area contributed by atoms with Crippen LogP contribution in [0.5, 0.6) is 5.75 Å². The van der Waals surface area contributed by atoms with Gasteiger partial charge in [0.1, 0.15) is 17.6 Å². The molecule has 4 aromatic rings. The molecule has 0 fully saturated rings. The number of hydrogen-bond donors (Lipinski definition) is 2. The molecule has 3 aromatic carbocycles. The number of para-hydroxylation sites is 2. The van der Waals surface area contributed by atoms with E-state index in [1.54, 1.807) is 60.1 Å². The predicted molar refractivity (Wildman–Crippen MR) is 138 cm³/mol. The van der Waals surface area contributed by atoms with E-state index in [-0.39, 0.29) is 11.7 Å². The first kappa shape index (κ1) is 23.8. The summed E-state index contributed by atoms with van der Waals surface area (Å²) >= 11 is 12.3. The van der Waals surface area contributed by atoms with Crippen molar-refractivity contribution >= 4 is 40.7 Å². The van der Waals surface area contributed by atoms with E-state index in [0.29, 0.717) is 55.7 Å². The summed E-state index contributed by atoms with van der Waals surface area (Å²) < 4.78 is 20.8. The number of nitrogens with zero attached hydrogens (tertiary/aromatic N) is 3. The number of nitrogens with one attached hydrogen (secondary N) is 2. The molecule has 1 aliphatic heterocycles. The fourth-order valence-electron chi connectivity index (χ4n) is 4.09. The Morgan fingerprint density at radius 3 is 2.56 bits per heavy atom. The third kappa shape index (κ3) is 4.41. The first-order chi connectivity index (χ1) is 17.4. The average molecular weight is 524 g/mol. The second-order valence-electron chi connectivity index (χ2n) is 8.10. The van der Waals surface area contributed by atoms with Gasteiger partial charge in [0.25, 0.3) is 5.91 Å². The summed E-state index contributed by atoms with van der Waals surface area (Å²) in [4.78, 5) is 18.3. The van der Waals surface area contributed by atoms with Gasteiger partial charge in [-0.3, -0.25) is 4.79 Å². The molecule has 1 aliphatic rings. The first-order valence-electron chi connectivity index (χ1n) is 11.0. The lowest BCUT2D eigenvalue weighted by atomic mass is 9.95. The summed E-state index contributed by atoms with van der Waals surface area (Å²) in [6, 6.07) is 17.5. The zero-order valence-corrected chi connectivity index (χ0v) is 20.7. The van der Waals surface area contributed by atoms with Crippen LogP contribution in [-0.2, 0) is 4.79 Å². The number of ether oxygens (including phenoxy) is 1. The standard InChI is InChI=1S/C26H20Cl2FN5O2/c1-14-22(25(35)31-20-5-3-4-6-21(20)36-2)23(15-7-10-17(29)11-8-15)34-26(30-14)32-24(33-34)16-9-12-18(27)19(28)13-16/h3-13,23H,1-2H3,(H,31,35)(H,30,32,33). The van der Waals surface area contributed by atoms with E-state index >= 15 is 0 Å². The summed E-state index contributed by atoms with van der Waals surface area (Å²) in [6.07, 6.45) is 0. The van der Waals surface area contributed by atoms with Crippen molar-refractivity contribution in [2.75, 3.05) is 17.7 Å². The van der Waals surface area contributed by atoms with Gasteiger partial charge >= 0.3 is 0 Å². The molecule has 0 bridgehead atoms. The van der Waals surface area contributed by atoms with Crippen LogP contribution in [0.1, 0.15) is 18.5 Å². The minimum atomic E-state index is -0.680. The highest BCUT2D eigenvalue weighted by Crippen LogP contribution is 2.38. The van der Waals surface area contributed by atoms with Crippen LogP contribution in [-0.4, -0.2) is 27.8 Å². The number of allylic oxidation sites excluding steroid dienone is 1. The van der Waals surface area contributed by atoms with E-state index < -0.39 is 6.04 Å². The molecule has 2 heterocycles. The highest BCUT2D eigenvalue weighted by Gasteiger charge is 2.34. The second-order valence-corrected chi connectivity index (χ2v) is 8.92. The number of hydrogen-bond acceptors (Lipinski definition) is 5. The maximum Gasteiger partial charge on any atom is 0.255 e. The summed E-state index contributed by atoms with van der Waals surface area (Å²) in [5.74, 6) is 0.591. The van der Waals surface area contributed by atoms with Gasteiger partial charge in [-0.1, -0.05) is 47.5 Å². The number of rotatable bonds is 5. The fourth-order valence-corrected chi connectivity index (χ4v) is 4.39. The number of methoxy groups -OCH3 is 1. The van der Waals surface area contributed by atoms with Gasteiger partial charge in [0.05, 0.1) is 28.4 Å². The molecule has 0 radical (unpaired) electrons. The van der Waals surface area contributed by atoms with Crippen molar-refractivity contribution in [1.82, 2.24) is 14.8 Å². The van der Waals surface area contributed by atoms with Crippen LogP contribution >= 0.6 is 23.2 Å². The van der Waals surface area contributed by atoms with Crippen LogP contribution in [0, 0.1) is 5.82 Å². The van der Waals surface area contributed by atoms with Crippen LogP contribution in [0.4, 0.5) is 16.0 Å². The van der Waals surface area contributed by atoms with Crippen molar-refractivity contribution in [2.24, 2.45) is 0 Å². The number of amides is 1. The van der Waals surface area contributed by atoms with E-state index in [1.807, 2.05) is 6.07 Å². The van der Waals surface area contributed by atoms with Crippen LogP contribution < -0.4 is 15.4 Å². The second kappa shape index (κ2) is 9.64. The minimum Gasteiger partial charge on any atom is -0.495 e. The van der Waals surface area contributed by atoms with Gasteiger partial charge in [-0.15, -0.1) is 5.10 Å². The van der Waals surface area contributed by atoms with Crippen LogP contribution in [0.3, 0.4) is 0 Å². The van der Waals surface area contributed by atoms with E-state index in [9.17, 15) is 9.18 Å². The molecular weight excluding hydrogens is 504 g/mol. The Balaban J connectivity index is 1.60. The minimum absolute atomic E-state index is 0.365. The van der Waals surface area contributed by atoms with Gasteiger partial charge in [-0.05, 0) is 55.0 Å². The van der Waals surface area contributed by atoms with Crippen LogP contribution in [0.2, 0.25) is 10.0 Å². The van der Waals surface area contributed by atoms with Gasteiger partial charge in [0.2, 0.25) is 5.95 Å². The highest BCUT2D eigenvalue weighted by atomic mass is 35.5. The summed E-state index contributed by atoms with van der Waals surface area (Å²) in [7, 11) is 1.53. The zero-order valence-electron chi connectivity index (χ0n) is 19.2. The number of anilines is 2. The molecule has 0 spiro atoms. The van der Waals surface area contributed by atoms with Gasteiger partial charge < -0.3 is 15.4 Å². The average Bonchev–Trinajstić information content (AvgIpc) is 3.29. The number of carbonyl (C=O) groups excluding carboxylic acids is 1. The van der Waals surface area contributed by atoms with Crippen LogP contribution in [0.25, 0.3) is 11.4 Å². The molecule has 10 heteroatoms. The first-order valence-corrected chi connectivity index (χ1v) is 11.7. The van der Waals surface area contributed by atoms with Crippen molar-refractivity contribution < 1.29 is 13.9 Å². The molecule has 2 N–H and O–H groups in total. The van der Waals surface area contributed by atoms with Crippen molar-refractivity contribution in [3.63, 3.8) is 0 Å². The van der Waals surface area contributed by atoms with Gasteiger partial charge in [-0.2, -0.15) is 4.98 Å². The summed E-state index contributed by atoms with van der Waals surface area (Å²) in [6.45, 7) is 1.78. The van der Waals surface area contributed by atoms with Crippen molar-refractivity contribution in [3.05, 3.63) is 99.4 Å². The molecule has 1 unspecified atom stereocenters. The number of benzene rings is 3. The third-order valence-electron chi connectivity index (χ3n) is 5.82. The Labute approximate surface area is 216 Å². The molecule has 5 rings (SSSR count). The predicted octanol–water partition coefficient (Wildman–Crippen LogP) is 6.33. The zero-order chi connectivity index (χ0) is 25.4. The Morgan fingerprint density at radius 1 is 1.08 bits per heavy atom. The smallest absolute Gasteiger partial charge is 0.255 e. The van der Waals surface area contributed by atoms with Crippen molar-refractivity contribution in [2.45, 2.75) is 13.0 Å². The monoisotopic (exact) mass is 523 g/mol. The molecule has 1 atom stereocenters. The Morgan fingerprint density at radius 2 is 1.83 bits per heavy atom. The number of halogens is 3. The SMILES string of the molecule is COc1ccccc1NC(=O)C1=C(C)Nc2nc(-c3ccc(Cl)c(Cl)c3)nn2C1c1ccc(F)cc1. The maximum atomic E-state index is 13.8. The van der Waals surface area contributed by atoms with Crippen molar-refractivity contribution in [3.8, 4) is 17.1 Å². The van der Waals surface area contributed by atoms with Gasteiger partial charge in [0, 0.05) is 11.3 Å². The quantitative estimate of drug-likeness (QED) is 0.319. The van der Waals surface area contributed by atoms with E-state index in [1.165, 1.54) is 19.2 Å². The molecule has 7 nitrogen and oxygen atoms in total. The molecule has 0 aliphatic carbocycles. The lowest BCUT2D eigenvalue weighted by molar-refractivity contribution is -0.113. The molecule has 1 amide bonds. The molecule has 36 heavy (non-hydrogen) atoms. The van der Waals surface area contributed by atoms with Gasteiger partial charge in [0.15, 0.2) is 5.82 Å². The van der Waals surface area contributed by atoms with E-state index in [4.69, 9.17) is 27.9 Å². The molecular formula is C26H20Cl2FN5O2. The maximum absolute atomic E-state index is 13.8. The number of fused-ring (bicyclic) bond motifs is 1. The summed E-state index contributed by atoms with van der Waals surface area (Å²) in [5, 5.41) is 11.6. The molecule has 0 saturated carbocycles. The number of carbonyl (C=O) groups is 1. The molecule has 182 valence electrons. The Bertz CT molecular complexity index is 1500. The van der Waals surface area contributed by atoms with E-state index in [2.05, 4.69) is 20.7 Å². The largest absolute Gasteiger partial charge is 0.495 e. The van der Waals surface area contributed by atoms with Crippen molar-refractivity contribution in [1.29, 1.82) is 0 Å². The van der Waals surface area contributed by atoms with E-state index in [0.717, 1.165) is 0 Å². The topological polar surface area (TPSA) is 81.1 Å². The lowest BCUT2D eigenvalue weighted by Gasteiger charge is -2.28. The third-order valence-corrected chi connectivity index (χ3v) is 6.55. The molecule has 0 saturated heterocycles. The number of aromatic nitrogens is 3. The fraction of sp³-hybridized carbons (Fsp3) is 0.115. The molecule has 1 aromatic heterocycles.